The van der Waals surface area contributed by atoms with E-state index in [2.05, 4.69) is 0 Å². The standard InChI is InChI=1S/C21H22O5S/c1-14(20(22)19-11-10-16-4-3-5-18(16)12-19)26-21(23)17-8-6-15(7-9-17)13-27(2,24)25/h6-12,14H,3-5,13H2,1-2H3/t14-/m1/s1. The van der Waals surface area contributed by atoms with Crippen LogP contribution in [0.1, 0.15) is 50.8 Å². The van der Waals surface area contributed by atoms with Crippen LogP contribution in [0.15, 0.2) is 42.5 Å². The monoisotopic (exact) mass is 386 g/mol. The minimum atomic E-state index is -3.14. The lowest BCUT2D eigenvalue weighted by Gasteiger charge is -2.13. The minimum absolute atomic E-state index is 0.0878. The van der Waals surface area contributed by atoms with Crippen molar-refractivity contribution in [3.8, 4) is 0 Å². The van der Waals surface area contributed by atoms with Gasteiger partial charge in [0.25, 0.3) is 0 Å². The van der Waals surface area contributed by atoms with E-state index in [0.29, 0.717) is 11.1 Å². The zero-order valence-corrected chi connectivity index (χ0v) is 16.2. The van der Waals surface area contributed by atoms with Crippen LogP contribution in [0.25, 0.3) is 0 Å². The Kier molecular flexibility index (Phi) is 5.46. The maximum absolute atomic E-state index is 12.6. The van der Waals surface area contributed by atoms with E-state index in [4.69, 9.17) is 4.74 Å². The molecule has 6 heteroatoms. The Hall–Kier alpha value is -2.47. The van der Waals surface area contributed by atoms with Crippen LogP contribution in [0.2, 0.25) is 0 Å². The van der Waals surface area contributed by atoms with Crippen LogP contribution in [-0.4, -0.2) is 32.5 Å². The zero-order chi connectivity index (χ0) is 19.6. The molecule has 5 nitrogen and oxygen atoms in total. The zero-order valence-electron chi connectivity index (χ0n) is 15.4. The molecular weight excluding hydrogens is 364 g/mol. The number of hydrogen-bond acceptors (Lipinski definition) is 5. The number of rotatable bonds is 6. The predicted octanol–water partition coefficient (Wildman–Crippen LogP) is 3.15. The van der Waals surface area contributed by atoms with E-state index in [9.17, 15) is 18.0 Å². The molecule has 0 bridgehead atoms. The summed E-state index contributed by atoms with van der Waals surface area (Å²) >= 11 is 0. The molecule has 0 radical (unpaired) electrons. The van der Waals surface area contributed by atoms with Gasteiger partial charge in [-0.1, -0.05) is 24.3 Å². The van der Waals surface area contributed by atoms with Crippen LogP contribution in [0.3, 0.4) is 0 Å². The number of carbonyl (C=O) groups is 2. The van der Waals surface area contributed by atoms with Crippen LogP contribution < -0.4 is 0 Å². The summed E-state index contributed by atoms with van der Waals surface area (Å²) in [5.41, 5.74) is 3.91. The van der Waals surface area contributed by atoms with Gasteiger partial charge in [-0.15, -0.1) is 0 Å². The second kappa shape index (κ2) is 7.64. The number of ether oxygens (including phenoxy) is 1. The highest BCUT2D eigenvalue weighted by Gasteiger charge is 2.22. The summed E-state index contributed by atoms with van der Waals surface area (Å²) in [6, 6.07) is 11.8. The molecule has 0 aromatic heterocycles. The Morgan fingerprint density at radius 2 is 1.63 bits per heavy atom. The second-order valence-electron chi connectivity index (χ2n) is 7.02. The maximum Gasteiger partial charge on any atom is 0.338 e. The van der Waals surface area contributed by atoms with Gasteiger partial charge in [0.05, 0.1) is 11.3 Å². The normalized spacial score (nSPS) is 14.4. The molecule has 0 amide bonds. The first kappa shape index (κ1) is 19.3. The van der Waals surface area contributed by atoms with Gasteiger partial charge >= 0.3 is 5.97 Å². The molecule has 1 aliphatic carbocycles. The molecule has 0 fully saturated rings. The number of Topliss-reactive ketones (excluding diaryl/α,β-unsaturated/α-hetero) is 1. The highest BCUT2D eigenvalue weighted by Crippen LogP contribution is 2.23. The summed E-state index contributed by atoms with van der Waals surface area (Å²) < 4.78 is 27.9. The second-order valence-corrected chi connectivity index (χ2v) is 9.16. The van der Waals surface area contributed by atoms with Crippen molar-refractivity contribution in [2.45, 2.75) is 38.0 Å². The van der Waals surface area contributed by atoms with E-state index in [-0.39, 0.29) is 17.1 Å². The number of esters is 1. The van der Waals surface area contributed by atoms with Crippen molar-refractivity contribution < 1.29 is 22.7 Å². The Labute approximate surface area is 159 Å². The first-order chi connectivity index (χ1) is 12.7. The summed E-state index contributed by atoms with van der Waals surface area (Å²) in [6.07, 6.45) is 3.38. The van der Waals surface area contributed by atoms with Crippen molar-refractivity contribution in [3.63, 3.8) is 0 Å². The van der Waals surface area contributed by atoms with Gasteiger partial charge in [-0.05, 0) is 61.1 Å². The maximum atomic E-state index is 12.6. The molecule has 27 heavy (non-hydrogen) atoms. The summed E-state index contributed by atoms with van der Waals surface area (Å²) in [6.45, 7) is 1.56. The number of aryl methyl sites for hydroxylation is 2. The SMILES string of the molecule is C[C@@H](OC(=O)c1ccc(CS(C)(=O)=O)cc1)C(=O)c1ccc2c(c1)CCC2. The molecule has 3 rings (SSSR count). The van der Waals surface area contributed by atoms with Crippen molar-refractivity contribution >= 4 is 21.6 Å². The molecule has 2 aromatic carbocycles. The van der Waals surface area contributed by atoms with Crippen molar-refractivity contribution in [2.24, 2.45) is 0 Å². The highest BCUT2D eigenvalue weighted by molar-refractivity contribution is 7.89. The first-order valence-corrected chi connectivity index (χ1v) is 10.9. The average molecular weight is 386 g/mol. The van der Waals surface area contributed by atoms with Gasteiger partial charge in [-0.2, -0.15) is 0 Å². The average Bonchev–Trinajstić information content (AvgIpc) is 3.07. The van der Waals surface area contributed by atoms with E-state index in [1.54, 1.807) is 25.1 Å². The first-order valence-electron chi connectivity index (χ1n) is 8.86. The third-order valence-electron chi connectivity index (χ3n) is 4.65. The van der Waals surface area contributed by atoms with Crippen molar-refractivity contribution in [3.05, 3.63) is 70.3 Å². The topological polar surface area (TPSA) is 77.5 Å². The Morgan fingerprint density at radius 3 is 2.30 bits per heavy atom. The van der Waals surface area contributed by atoms with Crippen LogP contribution in [0.5, 0.6) is 0 Å². The Balaban J connectivity index is 1.65. The fourth-order valence-electron chi connectivity index (χ4n) is 3.28. The van der Waals surface area contributed by atoms with E-state index < -0.39 is 21.9 Å². The number of carbonyl (C=O) groups excluding carboxylic acids is 2. The number of ketones is 1. The summed E-state index contributed by atoms with van der Waals surface area (Å²) in [4.78, 5) is 24.9. The van der Waals surface area contributed by atoms with Crippen molar-refractivity contribution in [1.82, 2.24) is 0 Å². The fourth-order valence-corrected chi connectivity index (χ4v) is 4.08. The van der Waals surface area contributed by atoms with E-state index in [1.807, 2.05) is 12.1 Å². The van der Waals surface area contributed by atoms with E-state index >= 15 is 0 Å². The third kappa shape index (κ3) is 4.83. The minimum Gasteiger partial charge on any atom is -0.451 e. The molecule has 0 unspecified atom stereocenters. The van der Waals surface area contributed by atoms with Crippen LogP contribution in [0, 0.1) is 0 Å². The van der Waals surface area contributed by atoms with Gasteiger partial charge in [0.1, 0.15) is 0 Å². The van der Waals surface area contributed by atoms with Crippen LogP contribution in [0.4, 0.5) is 0 Å². The lowest BCUT2D eigenvalue weighted by atomic mass is 10.0. The largest absolute Gasteiger partial charge is 0.451 e. The van der Waals surface area contributed by atoms with Gasteiger partial charge in [0.15, 0.2) is 15.9 Å². The molecule has 142 valence electrons. The molecule has 0 N–H and O–H groups in total. The number of benzene rings is 2. The quantitative estimate of drug-likeness (QED) is 0.563. The molecule has 0 saturated heterocycles. The summed E-state index contributed by atoms with van der Waals surface area (Å²) in [5, 5.41) is 0. The highest BCUT2D eigenvalue weighted by atomic mass is 32.2. The third-order valence-corrected chi connectivity index (χ3v) is 5.51. The number of sulfone groups is 1. The molecule has 0 aliphatic heterocycles. The van der Waals surface area contributed by atoms with E-state index in [0.717, 1.165) is 25.5 Å². The van der Waals surface area contributed by atoms with Gasteiger partial charge < -0.3 is 4.74 Å². The predicted molar refractivity (Wildman–Crippen MR) is 103 cm³/mol. The number of fused-ring (bicyclic) bond motifs is 1. The number of hydrogen-bond donors (Lipinski definition) is 0. The van der Waals surface area contributed by atoms with E-state index in [1.165, 1.54) is 23.3 Å². The van der Waals surface area contributed by atoms with Gasteiger partial charge in [-0.25, -0.2) is 13.2 Å². The fraction of sp³-hybridized carbons (Fsp3) is 0.333. The molecule has 0 spiro atoms. The lowest BCUT2D eigenvalue weighted by Crippen LogP contribution is -2.24. The van der Waals surface area contributed by atoms with Crippen LogP contribution in [-0.2, 0) is 33.2 Å². The lowest BCUT2D eigenvalue weighted by molar-refractivity contribution is 0.0319. The molecular formula is C21H22O5S. The van der Waals surface area contributed by atoms with Gasteiger partial charge in [-0.3, -0.25) is 4.79 Å². The molecule has 2 aromatic rings. The Bertz CT molecular complexity index is 974. The van der Waals surface area contributed by atoms with Gasteiger partial charge in [0.2, 0.25) is 5.78 Å². The summed E-state index contributed by atoms with van der Waals surface area (Å²) in [5.74, 6) is -0.926. The molecule has 1 atom stereocenters. The van der Waals surface area contributed by atoms with Crippen molar-refractivity contribution in [2.75, 3.05) is 6.26 Å². The smallest absolute Gasteiger partial charge is 0.338 e. The van der Waals surface area contributed by atoms with Crippen molar-refractivity contribution in [1.29, 1.82) is 0 Å². The molecule has 1 aliphatic rings. The Morgan fingerprint density at radius 1 is 1.00 bits per heavy atom. The molecule has 0 saturated carbocycles. The van der Waals surface area contributed by atoms with Gasteiger partial charge in [0, 0.05) is 11.8 Å². The van der Waals surface area contributed by atoms with Crippen LogP contribution >= 0.6 is 0 Å². The molecule has 0 heterocycles. The summed E-state index contributed by atoms with van der Waals surface area (Å²) in [7, 11) is -3.14.